The van der Waals surface area contributed by atoms with Gasteiger partial charge >= 0.3 is 0 Å². The number of nitrogens with zero attached hydrogens (tertiary/aromatic N) is 2. The van der Waals surface area contributed by atoms with Gasteiger partial charge in [0.25, 0.3) is 5.91 Å². The number of carbonyl (C=O) groups excluding carboxylic acids is 1. The number of hydrogen-bond acceptors (Lipinski definition) is 4. The molecule has 3 rings (SSSR count). The van der Waals surface area contributed by atoms with Crippen LogP contribution in [0.5, 0.6) is 11.5 Å². The average Bonchev–Trinajstić information content (AvgIpc) is 3.00. The number of halogens is 2. The van der Waals surface area contributed by atoms with Gasteiger partial charge in [-0.1, -0.05) is 18.5 Å². The molecule has 1 N–H and O–H groups in total. The number of anilines is 1. The molecular weight excluding hydrogens is 422 g/mol. The Morgan fingerprint density at radius 1 is 1.27 bits per heavy atom. The lowest BCUT2D eigenvalue weighted by Gasteiger charge is -2.13. The van der Waals surface area contributed by atoms with Crippen LogP contribution in [0, 0.1) is 0 Å². The minimum absolute atomic E-state index is 0.296. The number of pyridine rings is 1. The van der Waals surface area contributed by atoms with Crippen molar-refractivity contribution in [2.75, 3.05) is 19.5 Å². The highest BCUT2D eigenvalue weighted by atomic mass is 79.9. The zero-order valence-electron chi connectivity index (χ0n) is 14.5. The Morgan fingerprint density at radius 3 is 2.65 bits per heavy atom. The van der Waals surface area contributed by atoms with Gasteiger partial charge in [0.2, 0.25) is 0 Å². The quantitative estimate of drug-likeness (QED) is 0.633. The van der Waals surface area contributed by atoms with Crippen LogP contribution in [0.1, 0.15) is 23.1 Å². The normalized spacial score (nSPS) is 10.8. The number of aryl methyl sites for hydroxylation is 1. The molecule has 6 nitrogen and oxygen atoms in total. The van der Waals surface area contributed by atoms with Gasteiger partial charge in [-0.2, -0.15) is 0 Å². The first-order valence-electron chi connectivity index (χ1n) is 7.87. The monoisotopic (exact) mass is 437 g/mol. The van der Waals surface area contributed by atoms with Gasteiger partial charge in [0.1, 0.15) is 22.8 Å². The molecule has 0 bridgehead atoms. The number of nitrogens with one attached hydrogen (secondary N) is 1. The summed E-state index contributed by atoms with van der Waals surface area (Å²) in [4.78, 5) is 17.5. The largest absolute Gasteiger partial charge is 0.495 e. The summed E-state index contributed by atoms with van der Waals surface area (Å²) in [6.07, 6.45) is 2.44. The minimum atomic E-state index is -0.296. The summed E-state index contributed by atoms with van der Waals surface area (Å²) in [6.45, 7) is 1.96. The number of benzene rings is 1. The van der Waals surface area contributed by atoms with Gasteiger partial charge < -0.3 is 14.8 Å². The van der Waals surface area contributed by atoms with E-state index in [1.807, 2.05) is 25.3 Å². The summed E-state index contributed by atoms with van der Waals surface area (Å²) in [5.41, 5.74) is 2.35. The third kappa shape index (κ3) is 3.37. The topological polar surface area (TPSA) is 64.9 Å². The van der Waals surface area contributed by atoms with Crippen molar-refractivity contribution in [1.82, 2.24) is 9.38 Å². The number of ether oxygens (including phenoxy) is 2. The minimum Gasteiger partial charge on any atom is -0.495 e. The molecule has 3 aromatic rings. The molecule has 0 aliphatic carbocycles. The maximum Gasteiger partial charge on any atom is 0.274 e. The lowest BCUT2D eigenvalue weighted by Crippen LogP contribution is -2.17. The molecule has 0 aliphatic rings. The molecule has 2 heterocycles. The molecule has 0 unspecified atom stereocenters. The third-order valence-corrected chi connectivity index (χ3v) is 4.69. The molecular formula is C18H17BrClN3O3. The predicted octanol–water partition coefficient (Wildman–Crippen LogP) is 4.58. The summed E-state index contributed by atoms with van der Waals surface area (Å²) in [5.74, 6) is 0.590. The van der Waals surface area contributed by atoms with E-state index in [0.29, 0.717) is 45.7 Å². The fourth-order valence-electron chi connectivity index (χ4n) is 2.69. The Kier molecular flexibility index (Phi) is 5.38. The van der Waals surface area contributed by atoms with E-state index in [9.17, 15) is 4.79 Å². The van der Waals surface area contributed by atoms with Crippen molar-refractivity contribution in [1.29, 1.82) is 0 Å². The van der Waals surface area contributed by atoms with E-state index in [-0.39, 0.29) is 5.91 Å². The van der Waals surface area contributed by atoms with Gasteiger partial charge in [-0.05, 0) is 34.5 Å². The molecule has 26 heavy (non-hydrogen) atoms. The van der Waals surface area contributed by atoms with Crippen LogP contribution in [0.4, 0.5) is 5.69 Å². The summed E-state index contributed by atoms with van der Waals surface area (Å²) in [7, 11) is 3.02. The number of amides is 1. The number of hydrogen-bond donors (Lipinski definition) is 1. The van der Waals surface area contributed by atoms with E-state index in [4.69, 9.17) is 21.1 Å². The van der Waals surface area contributed by atoms with Gasteiger partial charge in [0.15, 0.2) is 0 Å². The van der Waals surface area contributed by atoms with Crippen molar-refractivity contribution in [2.24, 2.45) is 0 Å². The average molecular weight is 439 g/mol. The summed E-state index contributed by atoms with van der Waals surface area (Å²) >= 11 is 9.55. The zero-order chi connectivity index (χ0) is 18.8. The summed E-state index contributed by atoms with van der Waals surface area (Å²) in [6, 6.07) is 6.97. The molecule has 0 fully saturated rings. The van der Waals surface area contributed by atoms with Crippen LogP contribution in [0.25, 0.3) is 5.65 Å². The van der Waals surface area contributed by atoms with Gasteiger partial charge in [0.05, 0.1) is 30.6 Å². The third-order valence-electron chi connectivity index (χ3n) is 3.93. The summed E-state index contributed by atoms with van der Waals surface area (Å²) in [5, 5.41) is 3.27. The van der Waals surface area contributed by atoms with Gasteiger partial charge in [0, 0.05) is 22.8 Å². The maximum atomic E-state index is 13.0. The van der Waals surface area contributed by atoms with Crippen molar-refractivity contribution in [3.05, 3.63) is 51.3 Å². The van der Waals surface area contributed by atoms with Gasteiger partial charge in [-0.15, -0.1) is 0 Å². The molecule has 0 atom stereocenters. The molecule has 1 amide bonds. The molecule has 1 aromatic carbocycles. The Labute approximate surface area is 164 Å². The van der Waals surface area contributed by atoms with E-state index in [1.54, 1.807) is 16.5 Å². The lowest BCUT2D eigenvalue weighted by molar-refractivity contribution is 0.102. The SMILES string of the molecule is CCc1nc2ccc(Br)cn2c1C(=O)Nc1cc(OC)c(Cl)cc1OC. The molecule has 8 heteroatoms. The van der Waals surface area contributed by atoms with E-state index in [1.165, 1.54) is 14.2 Å². The lowest BCUT2D eigenvalue weighted by atomic mass is 10.2. The van der Waals surface area contributed by atoms with Crippen LogP contribution in [-0.2, 0) is 6.42 Å². The Bertz CT molecular complexity index is 987. The van der Waals surface area contributed by atoms with Crippen LogP contribution >= 0.6 is 27.5 Å². The number of methoxy groups -OCH3 is 2. The van der Waals surface area contributed by atoms with Gasteiger partial charge in [-0.25, -0.2) is 4.98 Å². The molecule has 0 saturated carbocycles. The Morgan fingerprint density at radius 2 is 2.00 bits per heavy atom. The molecule has 136 valence electrons. The van der Waals surface area contributed by atoms with Crippen molar-refractivity contribution >= 4 is 44.8 Å². The van der Waals surface area contributed by atoms with Crippen LogP contribution < -0.4 is 14.8 Å². The maximum absolute atomic E-state index is 13.0. The highest BCUT2D eigenvalue weighted by Crippen LogP contribution is 2.36. The number of carbonyl (C=O) groups is 1. The first-order valence-corrected chi connectivity index (χ1v) is 9.05. The fourth-order valence-corrected chi connectivity index (χ4v) is 3.26. The Hall–Kier alpha value is -2.25. The van der Waals surface area contributed by atoms with E-state index in [0.717, 1.165) is 4.47 Å². The highest BCUT2D eigenvalue weighted by Gasteiger charge is 2.20. The fraction of sp³-hybridized carbons (Fsp3) is 0.222. The smallest absolute Gasteiger partial charge is 0.274 e. The van der Waals surface area contributed by atoms with E-state index >= 15 is 0 Å². The number of fused-ring (bicyclic) bond motifs is 1. The zero-order valence-corrected chi connectivity index (χ0v) is 16.8. The molecule has 2 aromatic heterocycles. The highest BCUT2D eigenvalue weighted by molar-refractivity contribution is 9.10. The summed E-state index contributed by atoms with van der Waals surface area (Å²) < 4.78 is 13.2. The van der Waals surface area contributed by atoms with Gasteiger partial charge in [-0.3, -0.25) is 9.20 Å². The Balaban J connectivity index is 2.06. The number of rotatable bonds is 5. The van der Waals surface area contributed by atoms with Crippen molar-refractivity contribution in [3.63, 3.8) is 0 Å². The second kappa shape index (κ2) is 7.55. The van der Waals surface area contributed by atoms with E-state index < -0.39 is 0 Å². The van der Waals surface area contributed by atoms with Crippen LogP contribution in [-0.4, -0.2) is 29.5 Å². The molecule has 0 radical (unpaired) electrons. The van der Waals surface area contributed by atoms with Crippen molar-refractivity contribution in [3.8, 4) is 11.5 Å². The second-order valence-corrected chi connectivity index (χ2v) is 6.80. The van der Waals surface area contributed by atoms with E-state index in [2.05, 4.69) is 26.2 Å². The van der Waals surface area contributed by atoms with Crippen LogP contribution in [0.2, 0.25) is 5.02 Å². The van der Waals surface area contributed by atoms with Crippen molar-refractivity contribution in [2.45, 2.75) is 13.3 Å². The van der Waals surface area contributed by atoms with Crippen LogP contribution in [0.3, 0.4) is 0 Å². The standard InChI is InChI=1S/C18H17BrClN3O3/c1-4-12-17(23-9-10(19)5-6-16(23)21-12)18(24)22-13-8-14(25-2)11(20)7-15(13)26-3/h5-9H,4H2,1-3H3,(H,22,24). The molecule has 0 saturated heterocycles. The predicted molar refractivity (Wildman–Crippen MR) is 105 cm³/mol. The molecule has 0 spiro atoms. The van der Waals surface area contributed by atoms with Crippen molar-refractivity contribution < 1.29 is 14.3 Å². The first kappa shape index (κ1) is 18.5. The van der Waals surface area contributed by atoms with Crippen LogP contribution in [0.15, 0.2) is 34.9 Å². The first-order chi connectivity index (χ1) is 12.5. The second-order valence-electron chi connectivity index (χ2n) is 5.48. The number of aromatic nitrogens is 2. The number of imidazole rings is 1. The molecule has 0 aliphatic heterocycles.